The van der Waals surface area contributed by atoms with Gasteiger partial charge in [0.25, 0.3) is 0 Å². The summed E-state index contributed by atoms with van der Waals surface area (Å²) in [6.07, 6.45) is 6.00. The molecule has 3 rings (SSSR count). The first-order valence-corrected chi connectivity index (χ1v) is 9.74. The van der Waals surface area contributed by atoms with E-state index in [1.54, 1.807) is 7.11 Å². The van der Waals surface area contributed by atoms with Crippen LogP contribution in [0.2, 0.25) is 0 Å². The van der Waals surface area contributed by atoms with Gasteiger partial charge in [-0.05, 0) is 31.2 Å². The van der Waals surface area contributed by atoms with Crippen molar-refractivity contribution in [3.8, 4) is 0 Å². The molecule has 1 aromatic rings. The molecule has 2 atom stereocenters. The Morgan fingerprint density at radius 1 is 1.31 bits per heavy atom. The van der Waals surface area contributed by atoms with Crippen molar-refractivity contribution in [1.29, 1.82) is 0 Å². The molecule has 2 fully saturated rings. The molecule has 2 amide bonds. The van der Waals surface area contributed by atoms with Gasteiger partial charge in [0.05, 0.1) is 6.61 Å². The molecule has 5 nitrogen and oxygen atoms in total. The van der Waals surface area contributed by atoms with E-state index in [0.29, 0.717) is 32.5 Å². The zero-order chi connectivity index (χ0) is 18.4. The van der Waals surface area contributed by atoms with E-state index < -0.39 is 0 Å². The summed E-state index contributed by atoms with van der Waals surface area (Å²) in [6, 6.07) is 10.3. The van der Waals surface area contributed by atoms with Gasteiger partial charge >= 0.3 is 0 Å². The van der Waals surface area contributed by atoms with Gasteiger partial charge in [-0.1, -0.05) is 36.8 Å². The highest BCUT2D eigenvalue weighted by Crippen LogP contribution is 2.47. The zero-order valence-electron chi connectivity index (χ0n) is 15.7. The third kappa shape index (κ3) is 4.26. The van der Waals surface area contributed by atoms with E-state index in [2.05, 4.69) is 17.4 Å². The fourth-order valence-electron chi connectivity index (χ4n) is 4.60. The molecule has 0 unspecified atom stereocenters. The minimum Gasteiger partial charge on any atom is -0.383 e. The van der Waals surface area contributed by atoms with Crippen molar-refractivity contribution in [3.05, 3.63) is 35.9 Å². The number of carbonyl (C=O) groups is 2. The lowest BCUT2D eigenvalue weighted by Gasteiger charge is -2.46. The molecule has 0 aromatic heterocycles. The predicted octanol–water partition coefficient (Wildman–Crippen LogP) is 2.54. The maximum absolute atomic E-state index is 12.4. The molecule has 0 spiro atoms. The Morgan fingerprint density at radius 3 is 2.88 bits per heavy atom. The minimum absolute atomic E-state index is 0.0457. The van der Waals surface area contributed by atoms with Crippen LogP contribution in [0.3, 0.4) is 0 Å². The molecule has 142 valence electrons. The monoisotopic (exact) mass is 358 g/mol. The molecule has 26 heavy (non-hydrogen) atoms. The van der Waals surface area contributed by atoms with Crippen LogP contribution < -0.4 is 5.32 Å². The van der Waals surface area contributed by atoms with Crippen LogP contribution in [-0.2, 0) is 20.7 Å². The Bertz CT molecular complexity index is 619. The molecule has 0 radical (unpaired) electrons. The van der Waals surface area contributed by atoms with Gasteiger partial charge in [0, 0.05) is 44.5 Å². The molecule has 2 aliphatic rings. The third-order valence-electron chi connectivity index (χ3n) is 6.05. The SMILES string of the molecule is COCCN1C(=O)CC[C@]2(CNC(=O)CCc3ccccc3)CCC[C@@H]12. The van der Waals surface area contributed by atoms with Crippen molar-refractivity contribution in [2.75, 3.05) is 26.8 Å². The zero-order valence-corrected chi connectivity index (χ0v) is 15.7. The first-order valence-electron chi connectivity index (χ1n) is 9.74. The molecule has 1 heterocycles. The summed E-state index contributed by atoms with van der Waals surface area (Å²) in [6.45, 7) is 1.91. The highest BCUT2D eigenvalue weighted by molar-refractivity contribution is 5.78. The van der Waals surface area contributed by atoms with Crippen molar-refractivity contribution in [2.24, 2.45) is 5.41 Å². The van der Waals surface area contributed by atoms with Crippen LogP contribution in [-0.4, -0.2) is 49.6 Å². The smallest absolute Gasteiger partial charge is 0.222 e. The van der Waals surface area contributed by atoms with E-state index in [1.807, 2.05) is 23.1 Å². The van der Waals surface area contributed by atoms with Gasteiger partial charge in [-0.3, -0.25) is 9.59 Å². The number of carbonyl (C=O) groups excluding carboxylic acids is 2. The van der Waals surface area contributed by atoms with Crippen LogP contribution >= 0.6 is 0 Å². The second-order valence-corrected chi connectivity index (χ2v) is 7.61. The fraction of sp³-hybridized carbons (Fsp3) is 0.619. The molecule has 5 heteroatoms. The minimum atomic E-state index is 0.0457. The van der Waals surface area contributed by atoms with Gasteiger partial charge < -0.3 is 15.0 Å². The number of likely N-dealkylation sites (tertiary alicyclic amines) is 1. The van der Waals surface area contributed by atoms with Gasteiger partial charge in [0.1, 0.15) is 0 Å². The van der Waals surface area contributed by atoms with E-state index in [1.165, 1.54) is 5.56 Å². The molecule has 0 bridgehead atoms. The standard InChI is InChI=1S/C21H30N2O3/c1-26-15-14-23-18-8-5-12-21(18,13-11-20(23)25)16-22-19(24)10-9-17-6-3-2-4-7-17/h2-4,6-7,18H,5,8-16H2,1H3,(H,22,24)/t18-,21+/m1/s1. The lowest BCUT2D eigenvalue weighted by molar-refractivity contribution is -0.142. The topological polar surface area (TPSA) is 58.6 Å². The normalized spacial score (nSPS) is 25.2. The maximum Gasteiger partial charge on any atom is 0.222 e. The Labute approximate surface area is 156 Å². The molecule has 1 saturated heterocycles. The van der Waals surface area contributed by atoms with Crippen LogP contribution in [0.25, 0.3) is 0 Å². The number of fused-ring (bicyclic) bond motifs is 1. The molecule has 1 aliphatic carbocycles. The number of aryl methyl sites for hydroxylation is 1. The van der Waals surface area contributed by atoms with E-state index in [-0.39, 0.29) is 23.3 Å². The maximum atomic E-state index is 12.4. The Kier molecular flexibility index (Phi) is 6.30. The average molecular weight is 358 g/mol. The Hall–Kier alpha value is -1.88. The summed E-state index contributed by atoms with van der Waals surface area (Å²) < 4.78 is 5.18. The number of benzene rings is 1. The van der Waals surface area contributed by atoms with Crippen LogP contribution in [0.1, 0.15) is 44.1 Å². The second kappa shape index (κ2) is 8.67. The summed E-state index contributed by atoms with van der Waals surface area (Å²) >= 11 is 0. The van der Waals surface area contributed by atoms with Gasteiger partial charge in [0.2, 0.25) is 11.8 Å². The van der Waals surface area contributed by atoms with Gasteiger partial charge in [-0.2, -0.15) is 0 Å². The summed E-state index contributed by atoms with van der Waals surface area (Å²) in [4.78, 5) is 26.7. The molecule has 1 aromatic carbocycles. The average Bonchev–Trinajstić information content (AvgIpc) is 3.09. The van der Waals surface area contributed by atoms with Crippen molar-refractivity contribution in [2.45, 2.75) is 51.0 Å². The van der Waals surface area contributed by atoms with Crippen LogP contribution in [0, 0.1) is 5.41 Å². The molecule has 1 saturated carbocycles. The highest BCUT2D eigenvalue weighted by atomic mass is 16.5. The van der Waals surface area contributed by atoms with E-state index in [9.17, 15) is 9.59 Å². The number of ether oxygens (including phenoxy) is 1. The summed E-state index contributed by atoms with van der Waals surface area (Å²) in [7, 11) is 1.67. The Morgan fingerprint density at radius 2 is 2.12 bits per heavy atom. The van der Waals surface area contributed by atoms with Crippen molar-refractivity contribution < 1.29 is 14.3 Å². The number of hydrogen-bond donors (Lipinski definition) is 1. The van der Waals surface area contributed by atoms with Gasteiger partial charge in [0.15, 0.2) is 0 Å². The first-order chi connectivity index (χ1) is 12.6. The lowest BCUT2D eigenvalue weighted by Crippen LogP contribution is -2.56. The van der Waals surface area contributed by atoms with Crippen molar-refractivity contribution in [3.63, 3.8) is 0 Å². The van der Waals surface area contributed by atoms with E-state index in [4.69, 9.17) is 4.74 Å². The lowest BCUT2D eigenvalue weighted by atomic mass is 9.74. The summed E-state index contributed by atoms with van der Waals surface area (Å²) in [5, 5.41) is 3.17. The second-order valence-electron chi connectivity index (χ2n) is 7.61. The van der Waals surface area contributed by atoms with Crippen LogP contribution in [0.15, 0.2) is 30.3 Å². The number of amides is 2. The number of piperidine rings is 1. The number of hydrogen-bond acceptors (Lipinski definition) is 3. The number of methoxy groups -OCH3 is 1. The van der Waals surface area contributed by atoms with Gasteiger partial charge in [-0.15, -0.1) is 0 Å². The molecule has 1 aliphatic heterocycles. The number of nitrogens with zero attached hydrogens (tertiary/aromatic N) is 1. The van der Waals surface area contributed by atoms with Crippen molar-refractivity contribution in [1.82, 2.24) is 10.2 Å². The van der Waals surface area contributed by atoms with Crippen LogP contribution in [0.4, 0.5) is 0 Å². The quantitative estimate of drug-likeness (QED) is 0.777. The van der Waals surface area contributed by atoms with Gasteiger partial charge in [-0.25, -0.2) is 0 Å². The predicted molar refractivity (Wildman–Crippen MR) is 101 cm³/mol. The largest absolute Gasteiger partial charge is 0.383 e. The number of nitrogens with one attached hydrogen (secondary N) is 1. The highest BCUT2D eigenvalue weighted by Gasteiger charge is 2.49. The first kappa shape index (κ1) is 18.9. The van der Waals surface area contributed by atoms with Crippen LogP contribution in [0.5, 0.6) is 0 Å². The summed E-state index contributed by atoms with van der Waals surface area (Å²) in [5.41, 5.74) is 1.23. The van der Waals surface area contributed by atoms with E-state index in [0.717, 1.165) is 32.1 Å². The molecule has 1 N–H and O–H groups in total. The number of rotatable bonds is 8. The third-order valence-corrected chi connectivity index (χ3v) is 6.05. The summed E-state index contributed by atoms with van der Waals surface area (Å²) in [5.74, 6) is 0.342. The molecular weight excluding hydrogens is 328 g/mol. The van der Waals surface area contributed by atoms with E-state index >= 15 is 0 Å². The Balaban J connectivity index is 1.55. The van der Waals surface area contributed by atoms with Crippen molar-refractivity contribution >= 4 is 11.8 Å². The fourth-order valence-corrected chi connectivity index (χ4v) is 4.60. The molecular formula is C21H30N2O3.